The fourth-order valence-corrected chi connectivity index (χ4v) is 3.41. The van der Waals surface area contributed by atoms with Crippen LogP contribution in [-0.4, -0.2) is 20.8 Å². The molecule has 0 spiro atoms. The zero-order chi connectivity index (χ0) is 21.1. The van der Waals surface area contributed by atoms with Crippen LogP contribution in [-0.2, 0) is 13.1 Å². The highest BCUT2D eigenvalue weighted by Gasteiger charge is 2.25. The molecule has 2 heterocycles. The van der Waals surface area contributed by atoms with Crippen LogP contribution in [0, 0.1) is 12.7 Å². The summed E-state index contributed by atoms with van der Waals surface area (Å²) in [4.78, 5) is 12.8. The summed E-state index contributed by atoms with van der Waals surface area (Å²) in [5.74, 6) is -0.729. The molecule has 2 aromatic carbocycles. The summed E-state index contributed by atoms with van der Waals surface area (Å²) in [7, 11) is 0. The molecule has 8 heteroatoms. The van der Waals surface area contributed by atoms with E-state index in [1.54, 1.807) is 17.8 Å². The lowest BCUT2D eigenvalue weighted by atomic mass is 10.0. The third-order valence-corrected chi connectivity index (χ3v) is 4.93. The number of amides is 1. The minimum Gasteiger partial charge on any atom is -0.360 e. The molecule has 6 nitrogen and oxygen atoms in total. The number of nitrogens with zero attached hydrogens (tertiary/aromatic N) is 3. The highest BCUT2D eigenvalue weighted by Crippen LogP contribution is 2.33. The number of carbonyl (C=O) groups excluding carboxylic acids is 1. The lowest BCUT2D eigenvalue weighted by Gasteiger charge is -2.07. The van der Waals surface area contributed by atoms with Gasteiger partial charge in [0.1, 0.15) is 22.8 Å². The van der Waals surface area contributed by atoms with Gasteiger partial charge in [0.05, 0.1) is 23.3 Å². The smallest absolute Gasteiger partial charge is 0.257 e. The van der Waals surface area contributed by atoms with Crippen molar-refractivity contribution in [3.05, 3.63) is 94.2 Å². The number of hydrogen-bond acceptors (Lipinski definition) is 4. The predicted octanol–water partition coefficient (Wildman–Crippen LogP) is 4.62. The van der Waals surface area contributed by atoms with E-state index in [1.807, 2.05) is 36.5 Å². The van der Waals surface area contributed by atoms with Gasteiger partial charge >= 0.3 is 0 Å². The molecule has 4 aromatic rings. The fourth-order valence-electron chi connectivity index (χ4n) is 3.16. The van der Waals surface area contributed by atoms with Crippen molar-refractivity contribution in [1.82, 2.24) is 20.3 Å². The van der Waals surface area contributed by atoms with Crippen molar-refractivity contribution in [1.29, 1.82) is 0 Å². The van der Waals surface area contributed by atoms with Crippen LogP contribution in [0.3, 0.4) is 0 Å². The van der Waals surface area contributed by atoms with Gasteiger partial charge in [0, 0.05) is 18.3 Å². The number of carbonyl (C=O) groups is 1. The molecule has 0 fully saturated rings. The molecular formula is C22H18ClFN4O2. The van der Waals surface area contributed by atoms with Gasteiger partial charge in [0.25, 0.3) is 5.91 Å². The van der Waals surface area contributed by atoms with Crippen molar-refractivity contribution in [2.24, 2.45) is 0 Å². The molecule has 2 aromatic heterocycles. The Balaban J connectivity index is 1.49. The van der Waals surface area contributed by atoms with Gasteiger partial charge in [-0.05, 0) is 24.6 Å². The Labute approximate surface area is 177 Å². The van der Waals surface area contributed by atoms with E-state index in [0.717, 1.165) is 11.1 Å². The number of halogens is 2. The summed E-state index contributed by atoms with van der Waals surface area (Å²) in [6.45, 7) is 2.48. The van der Waals surface area contributed by atoms with E-state index in [1.165, 1.54) is 18.2 Å². The maximum Gasteiger partial charge on any atom is 0.257 e. The average molecular weight is 425 g/mol. The molecule has 0 radical (unpaired) electrons. The summed E-state index contributed by atoms with van der Waals surface area (Å²) in [6, 6.07) is 14.2. The Kier molecular flexibility index (Phi) is 5.63. The van der Waals surface area contributed by atoms with E-state index in [4.69, 9.17) is 16.1 Å². The second-order valence-electron chi connectivity index (χ2n) is 6.77. The van der Waals surface area contributed by atoms with Crippen LogP contribution in [0.4, 0.5) is 4.39 Å². The Morgan fingerprint density at radius 3 is 2.73 bits per heavy atom. The number of nitrogens with one attached hydrogen (secondary N) is 1. The Bertz CT molecular complexity index is 1170. The molecule has 0 saturated heterocycles. The van der Waals surface area contributed by atoms with Gasteiger partial charge in [-0.3, -0.25) is 9.48 Å². The van der Waals surface area contributed by atoms with E-state index in [9.17, 15) is 9.18 Å². The lowest BCUT2D eigenvalue weighted by molar-refractivity contribution is 0.0950. The normalized spacial score (nSPS) is 10.9. The van der Waals surface area contributed by atoms with Crippen LogP contribution in [0.25, 0.3) is 11.3 Å². The number of aryl methyl sites for hydroxylation is 1. The van der Waals surface area contributed by atoms with Gasteiger partial charge in [-0.15, -0.1) is 0 Å². The molecule has 30 heavy (non-hydrogen) atoms. The summed E-state index contributed by atoms with van der Waals surface area (Å²) in [5, 5.41) is 11.1. The summed E-state index contributed by atoms with van der Waals surface area (Å²) >= 11 is 6.13. The highest BCUT2D eigenvalue weighted by molar-refractivity contribution is 6.33. The predicted molar refractivity (Wildman–Crippen MR) is 111 cm³/mol. The van der Waals surface area contributed by atoms with Crippen LogP contribution in [0.2, 0.25) is 5.02 Å². The first-order valence-electron chi connectivity index (χ1n) is 9.27. The number of aromatic nitrogens is 3. The molecule has 1 N–H and O–H groups in total. The van der Waals surface area contributed by atoms with Crippen LogP contribution >= 0.6 is 11.6 Å². The van der Waals surface area contributed by atoms with Gasteiger partial charge in [-0.1, -0.05) is 53.2 Å². The van der Waals surface area contributed by atoms with E-state index in [2.05, 4.69) is 15.6 Å². The third kappa shape index (κ3) is 4.11. The van der Waals surface area contributed by atoms with Crippen molar-refractivity contribution < 1.29 is 13.7 Å². The SMILES string of the molecule is Cc1onc(-c2c(F)cccc2Cl)c1C(=O)NCc1cnn(Cc2ccccc2)c1. The fraction of sp³-hybridized carbons (Fsp3) is 0.136. The van der Waals surface area contributed by atoms with Gasteiger partial charge in [-0.25, -0.2) is 4.39 Å². The Hall–Kier alpha value is -3.45. The summed E-state index contributed by atoms with van der Waals surface area (Å²) < 4.78 is 21.3. The minimum atomic E-state index is -0.577. The molecular weight excluding hydrogens is 407 g/mol. The lowest BCUT2D eigenvalue weighted by Crippen LogP contribution is -2.23. The molecule has 0 unspecified atom stereocenters. The van der Waals surface area contributed by atoms with Crippen molar-refractivity contribution in [3.8, 4) is 11.3 Å². The first-order chi connectivity index (χ1) is 14.5. The first kappa shape index (κ1) is 19.8. The first-order valence-corrected chi connectivity index (χ1v) is 9.65. The van der Waals surface area contributed by atoms with E-state index in [-0.39, 0.29) is 34.1 Å². The molecule has 0 aliphatic carbocycles. The molecule has 4 rings (SSSR count). The van der Waals surface area contributed by atoms with Crippen molar-refractivity contribution >= 4 is 17.5 Å². The summed E-state index contributed by atoms with van der Waals surface area (Å²) in [6.07, 6.45) is 3.56. The molecule has 0 aliphatic rings. The van der Waals surface area contributed by atoms with Crippen molar-refractivity contribution in [3.63, 3.8) is 0 Å². The quantitative estimate of drug-likeness (QED) is 0.490. The number of hydrogen-bond donors (Lipinski definition) is 1. The largest absolute Gasteiger partial charge is 0.360 e. The highest BCUT2D eigenvalue weighted by atomic mass is 35.5. The third-order valence-electron chi connectivity index (χ3n) is 4.62. The molecule has 0 atom stereocenters. The average Bonchev–Trinajstić information content (AvgIpc) is 3.33. The van der Waals surface area contributed by atoms with E-state index >= 15 is 0 Å². The van der Waals surface area contributed by atoms with E-state index in [0.29, 0.717) is 6.54 Å². The summed E-state index contributed by atoms with van der Waals surface area (Å²) in [5.41, 5.74) is 2.23. The van der Waals surface area contributed by atoms with Crippen molar-refractivity contribution in [2.45, 2.75) is 20.0 Å². The van der Waals surface area contributed by atoms with E-state index < -0.39 is 11.7 Å². The van der Waals surface area contributed by atoms with Crippen LogP contribution in [0.5, 0.6) is 0 Å². The maximum atomic E-state index is 14.3. The molecule has 152 valence electrons. The molecule has 0 aliphatic heterocycles. The van der Waals surface area contributed by atoms with Gasteiger partial charge in [0.2, 0.25) is 0 Å². The van der Waals surface area contributed by atoms with Crippen molar-refractivity contribution in [2.75, 3.05) is 0 Å². The zero-order valence-electron chi connectivity index (χ0n) is 16.1. The Morgan fingerprint density at radius 2 is 1.97 bits per heavy atom. The van der Waals surface area contributed by atoms with Crippen LogP contribution < -0.4 is 5.32 Å². The minimum absolute atomic E-state index is 0.0387. The van der Waals surface area contributed by atoms with Gasteiger partial charge < -0.3 is 9.84 Å². The van der Waals surface area contributed by atoms with Gasteiger partial charge in [-0.2, -0.15) is 5.10 Å². The van der Waals surface area contributed by atoms with Gasteiger partial charge in [0.15, 0.2) is 0 Å². The second kappa shape index (κ2) is 8.51. The monoisotopic (exact) mass is 424 g/mol. The van der Waals surface area contributed by atoms with Crippen LogP contribution in [0.1, 0.15) is 27.2 Å². The van der Waals surface area contributed by atoms with Crippen LogP contribution in [0.15, 0.2) is 65.4 Å². The maximum absolute atomic E-state index is 14.3. The second-order valence-corrected chi connectivity index (χ2v) is 7.18. The molecule has 0 saturated carbocycles. The number of rotatable bonds is 6. The molecule has 0 bridgehead atoms. The number of benzene rings is 2. The topological polar surface area (TPSA) is 73.0 Å². The standard InChI is InChI=1S/C22H18ClFN4O2/c1-14-19(21(27-30-14)20-17(23)8-5-9-18(20)24)22(29)25-10-16-11-26-28(13-16)12-15-6-3-2-4-7-15/h2-9,11,13H,10,12H2,1H3,(H,25,29). The zero-order valence-corrected chi connectivity index (χ0v) is 16.9. The molecule has 1 amide bonds. The Morgan fingerprint density at radius 1 is 1.17 bits per heavy atom.